The Morgan fingerprint density at radius 3 is 2.50 bits per heavy atom. The van der Waals surface area contributed by atoms with Gasteiger partial charge in [-0.2, -0.15) is 0 Å². The van der Waals surface area contributed by atoms with Crippen molar-refractivity contribution in [3.8, 4) is 0 Å². The SMILES string of the molecule is C=CC(=CC)SC(=O)c1ccccc1. The van der Waals surface area contributed by atoms with E-state index in [1.54, 1.807) is 6.08 Å². The fourth-order valence-corrected chi connectivity index (χ4v) is 1.63. The minimum atomic E-state index is 0.0543. The summed E-state index contributed by atoms with van der Waals surface area (Å²) in [5, 5.41) is 0.0543. The summed E-state index contributed by atoms with van der Waals surface area (Å²) >= 11 is 1.20. The van der Waals surface area contributed by atoms with Crippen LogP contribution in [0.5, 0.6) is 0 Å². The molecular weight excluding hydrogens is 192 g/mol. The summed E-state index contributed by atoms with van der Waals surface area (Å²) in [6.07, 6.45) is 3.56. The molecule has 1 rings (SSSR count). The summed E-state index contributed by atoms with van der Waals surface area (Å²) in [5.74, 6) is 0. The van der Waals surface area contributed by atoms with Crippen molar-refractivity contribution in [3.63, 3.8) is 0 Å². The van der Waals surface area contributed by atoms with Gasteiger partial charge >= 0.3 is 0 Å². The van der Waals surface area contributed by atoms with Gasteiger partial charge in [-0.15, -0.1) is 0 Å². The van der Waals surface area contributed by atoms with Crippen molar-refractivity contribution in [2.24, 2.45) is 0 Å². The Balaban J connectivity index is 2.73. The average Bonchev–Trinajstić information content (AvgIpc) is 2.26. The van der Waals surface area contributed by atoms with E-state index in [9.17, 15) is 4.79 Å². The molecule has 0 saturated heterocycles. The van der Waals surface area contributed by atoms with Gasteiger partial charge in [-0.1, -0.05) is 49.1 Å². The van der Waals surface area contributed by atoms with E-state index in [-0.39, 0.29) is 5.12 Å². The van der Waals surface area contributed by atoms with Gasteiger partial charge in [0.15, 0.2) is 0 Å². The Bertz CT molecular complexity index is 352. The van der Waals surface area contributed by atoms with E-state index < -0.39 is 0 Å². The standard InChI is InChI=1S/C12H12OS/c1-3-11(4-2)14-12(13)10-8-6-5-7-9-10/h3-9H,1H2,2H3. The van der Waals surface area contributed by atoms with Crippen LogP contribution >= 0.6 is 11.8 Å². The molecule has 0 unspecified atom stereocenters. The average molecular weight is 204 g/mol. The maximum Gasteiger partial charge on any atom is 0.224 e. The van der Waals surface area contributed by atoms with Crippen molar-refractivity contribution in [2.75, 3.05) is 0 Å². The molecule has 1 aromatic rings. The van der Waals surface area contributed by atoms with Gasteiger partial charge in [-0.3, -0.25) is 4.79 Å². The van der Waals surface area contributed by atoms with Crippen molar-refractivity contribution in [1.29, 1.82) is 0 Å². The van der Waals surface area contributed by atoms with Crippen LogP contribution in [0.4, 0.5) is 0 Å². The maximum atomic E-state index is 11.6. The zero-order chi connectivity index (χ0) is 10.4. The molecule has 0 heterocycles. The van der Waals surface area contributed by atoms with Gasteiger partial charge in [-0.05, 0) is 18.7 Å². The van der Waals surface area contributed by atoms with Crippen molar-refractivity contribution in [3.05, 3.63) is 59.5 Å². The molecule has 0 amide bonds. The first-order chi connectivity index (χ1) is 6.77. The summed E-state index contributed by atoms with van der Waals surface area (Å²) < 4.78 is 0. The van der Waals surface area contributed by atoms with E-state index in [0.717, 1.165) is 10.5 Å². The van der Waals surface area contributed by atoms with Crippen LogP contribution in [0.15, 0.2) is 54.0 Å². The molecule has 0 bridgehead atoms. The van der Waals surface area contributed by atoms with Crippen molar-refractivity contribution < 1.29 is 4.79 Å². The Morgan fingerprint density at radius 2 is 2.00 bits per heavy atom. The molecule has 1 aromatic carbocycles. The highest BCUT2D eigenvalue weighted by atomic mass is 32.2. The van der Waals surface area contributed by atoms with Crippen molar-refractivity contribution in [1.82, 2.24) is 0 Å². The summed E-state index contributed by atoms with van der Waals surface area (Å²) in [6.45, 7) is 5.53. The molecule has 0 atom stereocenters. The van der Waals surface area contributed by atoms with Crippen LogP contribution < -0.4 is 0 Å². The fourth-order valence-electron chi connectivity index (χ4n) is 0.959. The van der Waals surface area contributed by atoms with E-state index in [4.69, 9.17) is 0 Å². The minimum Gasteiger partial charge on any atom is -0.281 e. The van der Waals surface area contributed by atoms with E-state index in [2.05, 4.69) is 6.58 Å². The number of rotatable bonds is 3. The number of benzene rings is 1. The number of thioether (sulfide) groups is 1. The zero-order valence-electron chi connectivity index (χ0n) is 8.07. The Hall–Kier alpha value is -1.28. The fraction of sp³-hybridized carbons (Fsp3) is 0.0833. The molecular formula is C12H12OS. The van der Waals surface area contributed by atoms with E-state index in [1.165, 1.54) is 11.8 Å². The van der Waals surface area contributed by atoms with Crippen LogP contribution in [0, 0.1) is 0 Å². The van der Waals surface area contributed by atoms with Gasteiger partial charge in [0, 0.05) is 10.5 Å². The highest BCUT2D eigenvalue weighted by Crippen LogP contribution is 2.21. The van der Waals surface area contributed by atoms with Crippen LogP contribution in [0.2, 0.25) is 0 Å². The van der Waals surface area contributed by atoms with Gasteiger partial charge in [-0.25, -0.2) is 0 Å². The Kier molecular flexibility index (Phi) is 4.20. The monoisotopic (exact) mass is 204 g/mol. The smallest absolute Gasteiger partial charge is 0.224 e. The van der Waals surface area contributed by atoms with Crippen LogP contribution in [-0.4, -0.2) is 5.12 Å². The lowest BCUT2D eigenvalue weighted by atomic mass is 10.2. The Labute approximate surface area is 88.5 Å². The second-order valence-corrected chi connectivity index (χ2v) is 3.70. The molecule has 0 radical (unpaired) electrons. The molecule has 2 heteroatoms. The number of hydrogen-bond acceptors (Lipinski definition) is 2. The molecule has 0 spiro atoms. The largest absolute Gasteiger partial charge is 0.281 e. The molecule has 0 fully saturated rings. The number of hydrogen-bond donors (Lipinski definition) is 0. The first-order valence-corrected chi connectivity index (χ1v) is 5.15. The van der Waals surface area contributed by atoms with Gasteiger partial charge < -0.3 is 0 Å². The van der Waals surface area contributed by atoms with Crippen LogP contribution in [0.1, 0.15) is 17.3 Å². The lowest BCUT2D eigenvalue weighted by Gasteiger charge is -1.99. The Morgan fingerprint density at radius 1 is 1.36 bits per heavy atom. The van der Waals surface area contributed by atoms with E-state index in [1.807, 2.05) is 43.3 Å². The molecule has 0 aliphatic carbocycles. The third-order valence-electron chi connectivity index (χ3n) is 1.71. The molecule has 72 valence electrons. The summed E-state index contributed by atoms with van der Waals surface area (Å²) in [7, 11) is 0. The second-order valence-electron chi connectivity index (χ2n) is 2.65. The molecule has 0 aromatic heterocycles. The minimum absolute atomic E-state index is 0.0543. The second kappa shape index (κ2) is 5.45. The van der Waals surface area contributed by atoms with Gasteiger partial charge in [0.2, 0.25) is 5.12 Å². The number of carbonyl (C=O) groups is 1. The van der Waals surface area contributed by atoms with E-state index in [0.29, 0.717) is 0 Å². The van der Waals surface area contributed by atoms with Crippen LogP contribution in [0.25, 0.3) is 0 Å². The summed E-state index contributed by atoms with van der Waals surface area (Å²) in [4.78, 5) is 12.5. The zero-order valence-corrected chi connectivity index (χ0v) is 8.88. The van der Waals surface area contributed by atoms with Crippen LogP contribution in [-0.2, 0) is 0 Å². The molecule has 0 N–H and O–H groups in total. The molecule has 1 nitrogen and oxygen atoms in total. The molecule has 0 aliphatic rings. The first-order valence-electron chi connectivity index (χ1n) is 4.34. The molecule has 14 heavy (non-hydrogen) atoms. The normalized spacial score (nSPS) is 11.1. The molecule has 0 aliphatic heterocycles. The number of carbonyl (C=O) groups excluding carboxylic acids is 1. The highest BCUT2D eigenvalue weighted by molar-refractivity contribution is 8.17. The van der Waals surface area contributed by atoms with Gasteiger partial charge in [0.1, 0.15) is 0 Å². The molecule has 0 saturated carbocycles. The topological polar surface area (TPSA) is 17.1 Å². The van der Waals surface area contributed by atoms with Crippen molar-refractivity contribution in [2.45, 2.75) is 6.92 Å². The third kappa shape index (κ3) is 2.89. The highest BCUT2D eigenvalue weighted by Gasteiger charge is 2.06. The van der Waals surface area contributed by atoms with Crippen molar-refractivity contribution >= 4 is 16.9 Å². The summed E-state index contributed by atoms with van der Waals surface area (Å²) in [6, 6.07) is 9.23. The summed E-state index contributed by atoms with van der Waals surface area (Å²) in [5.41, 5.74) is 0.721. The van der Waals surface area contributed by atoms with E-state index >= 15 is 0 Å². The first kappa shape index (κ1) is 10.8. The quantitative estimate of drug-likeness (QED) is 0.699. The maximum absolute atomic E-state index is 11.6. The lowest BCUT2D eigenvalue weighted by molar-refractivity contribution is 0.108. The third-order valence-corrected chi connectivity index (χ3v) is 2.76. The lowest BCUT2D eigenvalue weighted by Crippen LogP contribution is -1.92. The van der Waals surface area contributed by atoms with Gasteiger partial charge in [0.25, 0.3) is 0 Å². The predicted molar refractivity (Wildman–Crippen MR) is 62.3 cm³/mol. The number of allylic oxidation sites excluding steroid dienone is 2. The van der Waals surface area contributed by atoms with Gasteiger partial charge in [0.05, 0.1) is 0 Å². The predicted octanol–water partition coefficient (Wildman–Crippen LogP) is 3.65. The van der Waals surface area contributed by atoms with Crippen LogP contribution in [0.3, 0.4) is 0 Å².